The average molecular weight is 484 g/mol. The molecular weight excluding hydrogens is 450 g/mol. The first-order valence-corrected chi connectivity index (χ1v) is 13.6. The summed E-state index contributed by atoms with van der Waals surface area (Å²) in [6.45, 7) is 9.63. The zero-order chi connectivity index (χ0) is 24.2. The molecule has 1 aromatic heterocycles. The number of pyridine rings is 1. The monoisotopic (exact) mass is 483 g/mol. The molecule has 5 rings (SSSR count). The normalized spacial score (nSPS) is 18.0. The second-order valence-corrected chi connectivity index (χ2v) is 9.64. The number of anilines is 2. The van der Waals surface area contributed by atoms with Gasteiger partial charge in [0.2, 0.25) is 0 Å². The SMILES string of the molecule is CCN1CSC=C1C=CC1=NN(c2ccc3ccccc3n2)C(c2ccc(N(CC)CC)cc2)C1. The average Bonchev–Trinajstić information content (AvgIpc) is 3.55. The van der Waals surface area contributed by atoms with Crippen molar-refractivity contribution in [2.45, 2.75) is 33.2 Å². The second kappa shape index (κ2) is 10.6. The van der Waals surface area contributed by atoms with Crippen LogP contribution >= 0.6 is 11.8 Å². The van der Waals surface area contributed by atoms with Crippen molar-refractivity contribution in [3.8, 4) is 0 Å². The summed E-state index contributed by atoms with van der Waals surface area (Å²) in [4.78, 5) is 9.72. The molecule has 6 heteroatoms. The quantitative estimate of drug-likeness (QED) is 0.352. The Hall–Kier alpha value is -3.25. The highest BCUT2D eigenvalue weighted by molar-refractivity contribution is 8.02. The summed E-state index contributed by atoms with van der Waals surface area (Å²) in [6, 6.07) is 21.6. The second-order valence-electron chi connectivity index (χ2n) is 8.81. The molecule has 2 aromatic carbocycles. The lowest BCUT2D eigenvalue weighted by Gasteiger charge is -2.25. The Kier molecular flexibility index (Phi) is 7.09. The molecule has 0 amide bonds. The van der Waals surface area contributed by atoms with Crippen LogP contribution in [0.1, 0.15) is 38.8 Å². The number of thioether (sulfide) groups is 1. The first kappa shape index (κ1) is 23.5. The third-order valence-electron chi connectivity index (χ3n) is 6.79. The van der Waals surface area contributed by atoms with Crippen molar-refractivity contribution in [1.29, 1.82) is 0 Å². The lowest BCUT2D eigenvalue weighted by Crippen LogP contribution is -2.22. The Morgan fingerprint density at radius 3 is 2.54 bits per heavy atom. The molecule has 1 unspecified atom stereocenters. The summed E-state index contributed by atoms with van der Waals surface area (Å²) in [5.41, 5.74) is 5.85. The Labute approximate surface area is 212 Å². The third kappa shape index (κ3) is 4.94. The van der Waals surface area contributed by atoms with Crippen molar-refractivity contribution in [2.24, 2.45) is 5.10 Å². The van der Waals surface area contributed by atoms with Gasteiger partial charge in [0.15, 0.2) is 0 Å². The maximum Gasteiger partial charge on any atom is 0.150 e. The highest BCUT2D eigenvalue weighted by atomic mass is 32.2. The Bertz CT molecular complexity index is 1260. The number of likely N-dealkylation sites (N-methyl/N-ethyl adjacent to an activating group) is 1. The van der Waals surface area contributed by atoms with E-state index in [0.717, 1.165) is 54.4 Å². The predicted octanol–water partition coefficient (Wildman–Crippen LogP) is 6.81. The van der Waals surface area contributed by atoms with Crippen LogP contribution in [0.15, 0.2) is 89.0 Å². The van der Waals surface area contributed by atoms with Crippen molar-refractivity contribution >= 4 is 39.9 Å². The van der Waals surface area contributed by atoms with E-state index in [9.17, 15) is 0 Å². The lowest BCUT2D eigenvalue weighted by atomic mass is 10.0. The van der Waals surface area contributed by atoms with Crippen LogP contribution in [0.2, 0.25) is 0 Å². The van der Waals surface area contributed by atoms with Crippen LogP contribution in [0.3, 0.4) is 0 Å². The third-order valence-corrected chi connectivity index (χ3v) is 7.66. The van der Waals surface area contributed by atoms with Crippen LogP contribution in [0.25, 0.3) is 10.9 Å². The van der Waals surface area contributed by atoms with Gasteiger partial charge in [-0.2, -0.15) is 5.10 Å². The summed E-state index contributed by atoms with van der Waals surface area (Å²) in [5, 5.41) is 10.5. The smallest absolute Gasteiger partial charge is 0.150 e. The number of benzene rings is 2. The Balaban J connectivity index is 1.47. The van der Waals surface area contributed by atoms with Crippen LogP contribution < -0.4 is 9.91 Å². The number of nitrogens with zero attached hydrogens (tertiary/aromatic N) is 5. The molecule has 0 fully saturated rings. The molecule has 0 spiro atoms. The van der Waals surface area contributed by atoms with E-state index in [2.05, 4.69) is 108 Å². The van der Waals surface area contributed by atoms with Gasteiger partial charge in [-0.1, -0.05) is 30.3 Å². The van der Waals surface area contributed by atoms with Crippen LogP contribution in [0.5, 0.6) is 0 Å². The van der Waals surface area contributed by atoms with Gasteiger partial charge in [-0.25, -0.2) is 9.99 Å². The van der Waals surface area contributed by atoms with Crippen molar-refractivity contribution < 1.29 is 0 Å². The standard InChI is InChI=1S/C29H33N5S/c1-4-32(5-2)25-15-11-23(12-16-25)28-19-24(14-17-26-20-35-21-33(26)6-3)31-34(28)29-18-13-22-9-7-8-10-27(22)30-29/h7-18,20,28H,4-6,19,21H2,1-3H3. The number of aromatic nitrogens is 1. The van der Waals surface area contributed by atoms with E-state index in [0.29, 0.717) is 0 Å². The molecule has 180 valence electrons. The van der Waals surface area contributed by atoms with Gasteiger partial charge in [-0.15, -0.1) is 11.8 Å². The van der Waals surface area contributed by atoms with Gasteiger partial charge in [-0.05, 0) is 74.2 Å². The van der Waals surface area contributed by atoms with Crippen molar-refractivity contribution in [1.82, 2.24) is 9.88 Å². The molecule has 0 bridgehead atoms. The molecule has 35 heavy (non-hydrogen) atoms. The van der Waals surface area contributed by atoms with E-state index < -0.39 is 0 Å². The van der Waals surface area contributed by atoms with Crippen LogP contribution in [0, 0.1) is 0 Å². The molecule has 1 atom stereocenters. The molecule has 0 radical (unpaired) electrons. The molecule has 0 aliphatic carbocycles. The molecule has 5 nitrogen and oxygen atoms in total. The minimum absolute atomic E-state index is 0.114. The number of hydrogen-bond acceptors (Lipinski definition) is 6. The topological polar surface area (TPSA) is 35.0 Å². The highest BCUT2D eigenvalue weighted by Crippen LogP contribution is 2.36. The molecule has 0 N–H and O–H groups in total. The van der Waals surface area contributed by atoms with E-state index in [1.165, 1.54) is 16.9 Å². The summed E-state index contributed by atoms with van der Waals surface area (Å²) in [6.07, 6.45) is 5.24. The van der Waals surface area contributed by atoms with Gasteiger partial charge in [0, 0.05) is 42.8 Å². The molecule has 0 saturated carbocycles. The molecule has 0 saturated heterocycles. The summed E-state index contributed by atoms with van der Waals surface area (Å²) < 4.78 is 0. The molecule has 3 heterocycles. The Morgan fingerprint density at radius 2 is 1.77 bits per heavy atom. The highest BCUT2D eigenvalue weighted by Gasteiger charge is 2.29. The first-order valence-electron chi connectivity index (χ1n) is 12.5. The van der Waals surface area contributed by atoms with Gasteiger partial charge in [-0.3, -0.25) is 0 Å². The van der Waals surface area contributed by atoms with E-state index >= 15 is 0 Å². The summed E-state index contributed by atoms with van der Waals surface area (Å²) >= 11 is 1.85. The summed E-state index contributed by atoms with van der Waals surface area (Å²) in [7, 11) is 0. The fourth-order valence-electron chi connectivity index (χ4n) is 4.75. The van der Waals surface area contributed by atoms with Crippen LogP contribution in [0.4, 0.5) is 11.5 Å². The van der Waals surface area contributed by atoms with E-state index in [1.54, 1.807) is 0 Å². The number of allylic oxidation sites excluding steroid dienone is 2. The minimum Gasteiger partial charge on any atom is -0.372 e. The minimum atomic E-state index is 0.114. The number of para-hydroxylation sites is 1. The number of fused-ring (bicyclic) bond motifs is 1. The van der Waals surface area contributed by atoms with Crippen molar-refractivity contribution in [2.75, 3.05) is 35.4 Å². The molecule has 3 aromatic rings. The fourth-order valence-corrected chi connectivity index (χ4v) is 5.73. The maximum atomic E-state index is 5.06. The molecule has 2 aliphatic heterocycles. The van der Waals surface area contributed by atoms with Crippen molar-refractivity contribution in [3.05, 3.63) is 89.5 Å². The predicted molar refractivity (Wildman–Crippen MR) is 151 cm³/mol. The lowest BCUT2D eigenvalue weighted by molar-refractivity contribution is 0.447. The number of rotatable bonds is 8. The number of hydrazone groups is 1. The molecule has 2 aliphatic rings. The maximum absolute atomic E-state index is 5.06. The zero-order valence-electron chi connectivity index (χ0n) is 20.8. The van der Waals surface area contributed by atoms with Crippen LogP contribution in [-0.2, 0) is 0 Å². The van der Waals surface area contributed by atoms with Crippen molar-refractivity contribution in [3.63, 3.8) is 0 Å². The van der Waals surface area contributed by atoms with Gasteiger partial charge in [0.05, 0.1) is 23.1 Å². The van der Waals surface area contributed by atoms with Crippen LogP contribution in [-0.4, -0.2) is 41.1 Å². The zero-order valence-corrected chi connectivity index (χ0v) is 21.6. The van der Waals surface area contributed by atoms with E-state index in [4.69, 9.17) is 10.1 Å². The largest absolute Gasteiger partial charge is 0.372 e. The van der Waals surface area contributed by atoms with Gasteiger partial charge < -0.3 is 9.80 Å². The summed E-state index contributed by atoms with van der Waals surface area (Å²) in [5.74, 6) is 1.91. The van der Waals surface area contributed by atoms with E-state index in [1.807, 2.05) is 17.8 Å². The van der Waals surface area contributed by atoms with E-state index in [-0.39, 0.29) is 6.04 Å². The van der Waals surface area contributed by atoms with Gasteiger partial charge in [0.25, 0.3) is 0 Å². The van der Waals surface area contributed by atoms with Gasteiger partial charge in [0.1, 0.15) is 5.82 Å². The number of hydrogen-bond donors (Lipinski definition) is 0. The first-order chi connectivity index (χ1) is 17.2. The van der Waals surface area contributed by atoms with Gasteiger partial charge >= 0.3 is 0 Å². The fraction of sp³-hybridized carbons (Fsp3) is 0.310. The Morgan fingerprint density at radius 1 is 0.971 bits per heavy atom. The molecular formula is C29H33N5S.